The number of alkyl halides is 1. The minimum Gasteiger partial charge on any atom is -0.494 e. The van der Waals surface area contributed by atoms with E-state index in [0.717, 1.165) is 57.1 Å². The molecule has 0 unspecified atom stereocenters. The quantitative estimate of drug-likeness (QED) is 0.486. The number of rotatable bonds is 11. The number of nitrogens with one attached hydrogen (secondary N) is 1. The molecule has 1 aromatic rings. The van der Waals surface area contributed by atoms with Crippen LogP contribution in [-0.4, -0.2) is 43.6 Å². The molecule has 1 heterocycles. The van der Waals surface area contributed by atoms with E-state index in [1.54, 1.807) is 0 Å². The Balaban J connectivity index is 1.60. The number of benzene rings is 1. The number of hydrogen-bond donors (Lipinski definition) is 1. The molecule has 0 bridgehead atoms. The Kier molecular flexibility index (Phi) is 9.46. The van der Waals surface area contributed by atoms with Crippen LogP contribution in [0.4, 0.5) is 0 Å². The molecule has 1 aliphatic heterocycles. The van der Waals surface area contributed by atoms with Crippen LogP contribution in [0.15, 0.2) is 24.3 Å². The number of ether oxygens (including phenoxy) is 1. The van der Waals surface area contributed by atoms with Gasteiger partial charge in [-0.25, -0.2) is 0 Å². The SMILES string of the molecule is ClCCCCNCCCOc1cccc(CN2CCCCC2)c1. The fourth-order valence-corrected chi connectivity index (χ4v) is 3.16. The van der Waals surface area contributed by atoms with Crippen molar-refractivity contribution >= 4 is 11.6 Å². The lowest BCUT2D eigenvalue weighted by Crippen LogP contribution is -2.29. The summed E-state index contributed by atoms with van der Waals surface area (Å²) in [5.74, 6) is 1.76. The molecule has 4 heteroatoms. The van der Waals surface area contributed by atoms with Crippen LogP contribution in [0.1, 0.15) is 44.1 Å². The number of nitrogens with zero attached hydrogens (tertiary/aromatic N) is 1. The highest BCUT2D eigenvalue weighted by atomic mass is 35.5. The summed E-state index contributed by atoms with van der Waals surface area (Å²) < 4.78 is 5.88. The Bertz CT molecular complexity index is 422. The second-order valence-electron chi connectivity index (χ2n) is 6.33. The van der Waals surface area contributed by atoms with Crippen LogP contribution in [0, 0.1) is 0 Å². The van der Waals surface area contributed by atoms with Gasteiger partial charge in [-0.05, 0) is 76.0 Å². The first-order valence-corrected chi connectivity index (χ1v) is 9.63. The molecule has 130 valence electrons. The Morgan fingerprint density at radius 3 is 2.70 bits per heavy atom. The summed E-state index contributed by atoms with van der Waals surface area (Å²) in [7, 11) is 0. The van der Waals surface area contributed by atoms with E-state index in [2.05, 4.69) is 34.5 Å². The first-order chi connectivity index (χ1) is 11.4. The van der Waals surface area contributed by atoms with Crippen LogP contribution in [0.3, 0.4) is 0 Å². The molecule has 0 amide bonds. The lowest BCUT2D eigenvalue weighted by Gasteiger charge is -2.26. The molecule has 2 rings (SSSR count). The zero-order valence-electron chi connectivity index (χ0n) is 14.2. The van der Waals surface area contributed by atoms with Gasteiger partial charge < -0.3 is 10.1 Å². The lowest BCUT2D eigenvalue weighted by atomic mass is 10.1. The fourth-order valence-electron chi connectivity index (χ4n) is 2.97. The van der Waals surface area contributed by atoms with Gasteiger partial charge in [0, 0.05) is 12.4 Å². The summed E-state index contributed by atoms with van der Waals surface area (Å²) in [4.78, 5) is 2.55. The number of hydrogen-bond acceptors (Lipinski definition) is 3. The van der Waals surface area contributed by atoms with E-state index in [4.69, 9.17) is 16.3 Å². The summed E-state index contributed by atoms with van der Waals surface area (Å²) in [6.07, 6.45) is 7.36. The van der Waals surface area contributed by atoms with Crippen molar-refractivity contribution in [3.8, 4) is 5.75 Å². The van der Waals surface area contributed by atoms with Crippen LogP contribution >= 0.6 is 11.6 Å². The van der Waals surface area contributed by atoms with Crippen molar-refractivity contribution in [3.63, 3.8) is 0 Å². The maximum atomic E-state index is 5.88. The van der Waals surface area contributed by atoms with E-state index in [1.165, 1.54) is 37.9 Å². The Morgan fingerprint density at radius 1 is 1.04 bits per heavy atom. The summed E-state index contributed by atoms with van der Waals surface area (Å²) in [5.41, 5.74) is 1.36. The van der Waals surface area contributed by atoms with E-state index in [1.807, 2.05) is 0 Å². The zero-order valence-corrected chi connectivity index (χ0v) is 15.0. The minimum absolute atomic E-state index is 0.762. The summed E-state index contributed by atoms with van der Waals surface area (Å²) in [6, 6.07) is 8.58. The second-order valence-corrected chi connectivity index (χ2v) is 6.71. The third kappa shape index (κ3) is 8.05. The normalized spacial score (nSPS) is 15.7. The smallest absolute Gasteiger partial charge is 0.119 e. The number of piperidine rings is 1. The van der Waals surface area contributed by atoms with E-state index in [9.17, 15) is 0 Å². The number of likely N-dealkylation sites (tertiary alicyclic amines) is 1. The van der Waals surface area contributed by atoms with E-state index in [-0.39, 0.29) is 0 Å². The van der Waals surface area contributed by atoms with Gasteiger partial charge >= 0.3 is 0 Å². The Labute approximate surface area is 146 Å². The van der Waals surface area contributed by atoms with Crippen molar-refractivity contribution < 1.29 is 4.74 Å². The highest BCUT2D eigenvalue weighted by molar-refractivity contribution is 6.17. The van der Waals surface area contributed by atoms with Crippen molar-refractivity contribution in [1.29, 1.82) is 0 Å². The van der Waals surface area contributed by atoms with Crippen molar-refractivity contribution in [2.24, 2.45) is 0 Å². The Morgan fingerprint density at radius 2 is 1.87 bits per heavy atom. The molecule has 1 aromatic carbocycles. The molecule has 0 aromatic heterocycles. The molecule has 23 heavy (non-hydrogen) atoms. The molecular formula is C19H31ClN2O. The van der Waals surface area contributed by atoms with Gasteiger partial charge in [0.15, 0.2) is 0 Å². The van der Waals surface area contributed by atoms with Gasteiger partial charge in [-0.1, -0.05) is 18.6 Å². The first-order valence-electron chi connectivity index (χ1n) is 9.09. The third-order valence-electron chi connectivity index (χ3n) is 4.26. The first kappa shape index (κ1) is 18.6. The third-order valence-corrected chi connectivity index (χ3v) is 4.52. The fraction of sp³-hybridized carbons (Fsp3) is 0.684. The molecule has 1 aliphatic rings. The molecule has 0 aliphatic carbocycles. The van der Waals surface area contributed by atoms with Crippen molar-refractivity contribution in [1.82, 2.24) is 10.2 Å². The van der Waals surface area contributed by atoms with E-state index in [0.29, 0.717) is 0 Å². The molecule has 3 nitrogen and oxygen atoms in total. The molecule has 0 spiro atoms. The lowest BCUT2D eigenvalue weighted by molar-refractivity contribution is 0.220. The zero-order chi connectivity index (χ0) is 16.2. The topological polar surface area (TPSA) is 24.5 Å². The van der Waals surface area contributed by atoms with Crippen molar-refractivity contribution in [3.05, 3.63) is 29.8 Å². The van der Waals surface area contributed by atoms with Crippen LogP contribution in [-0.2, 0) is 6.54 Å². The minimum atomic E-state index is 0.762. The van der Waals surface area contributed by atoms with Gasteiger partial charge in [0.05, 0.1) is 6.61 Å². The predicted octanol–water partition coefficient (Wildman–Crippen LogP) is 4.05. The average molecular weight is 339 g/mol. The van der Waals surface area contributed by atoms with Crippen molar-refractivity contribution in [2.75, 3.05) is 38.7 Å². The maximum Gasteiger partial charge on any atom is 0.119 e. The van der Waals surface area contributed by atoms with Crippen LogP contribution in [0.25, 0.3) is 0 Å². The average Bonchev–Trinajstić information content (AvgIpc) is 2.58. The molecular weight excluding hydrogens is 308 g/mol. The summed E-state index contributed by atoms with van der Waals surface area (Å²) in [6.45, 7) is 6.36. The molecule has 0 radical (unpaired) electrons. The van der Waals surface area contributed by atoms with Crippen LogP contribution in [0.2, 0.25) is 0 Å². The molecule has 1 fully saturated rings. The van der Waals surface area contributed by atoms with Gasteiger partial charge in [-0.2, -0.15) is 0 Å². The highest BCUT2D eigenvalue weighted by Gasteiger charge is 2.10. The molecule has 0 saturated carbocycles. The largest absolute Gasteiger partial charge is 0.494 e. The van der Waals surface area contributed by atoms with Gasteiger partial charge in [0.2, 0.25) is 0 Å². The molecule has 0 atom stereocenters. The van der Waals surface area contributed by atoms with Gasteiger partial charge in [0.1, 0.15) is 5.75 Å². The Hall–Kier alpha value is -0.770. The molecule has 1 N–H and O–H groups in total. The monoisotopic (exact) mass is 338 g/mol. The number of halogens is 1. The second kappa shape index (κ2) is 11.7. The van der Waals surface area contributed by atoms with Gasteiger partial charge in [0.25, 0.3) is 0 Å². The number of unbranched alkanes of at least 4 members (excludes halogenated alkanes) is 1. The van der Waals surface area contributed by atoms with Gasteiger partial charge in [-0.15, -0.1) is 11.6 Å². The standard InChI is InChI=1S/C19H31ClN2O/c20-10-2-3-11-21-12-7-15-23-19-9-6-8-18(16-19)17-22-13-4-1-5-14-22/h6,8-9,16,21H,1-5,7,10-15,17H2. The van der Waals surface area contributed by atoms with Gasteiger partial charge in [-0.3, -0.25) is 4.90 Å². The predicted molar refractivity (Wildman–Crippen MR) is 98.5 cm³/mol. The van der Waals surface area contributed by atoms with E-state index >= 15 is 0 Å². The summed E-state index contributed by atoms with van der Waals surface area (Å²) in [5, 5.41) is 3.43. The van der Waals surface area contributed by atoms with Crippen LogP contribution < -0.4 is 10.1 Å². The van der Waals surface area contributed by atoms with E-state index < -0.39 is 0 Å². The summed E-state index contributed by atoms with van der Waals surface area (Å²) >= 11 is 5.66. The van der Waals surface area contributed by atoms with Crippen LogP contribution in [0.5, 0.6) is 5.75 Å². The maximum absolute atomic E-state index is 5.88. The highest BCUT2D eigenvalue weighted by Crippen LogP contribution is 2.17. The molecule has 1 saturated heterocycles. The van der Waals surface area contributed by atoms with Crippen molar-refractivity contribution in [2.45, 2.75) is 45.1 Å².